The molecule has 0 fully saturated rings. The van der Waals surface area contributed by atoms with E-state index in [4.69, 9.17) is 0 Å². The third kappa shape index (κ3) is 3.92. The lowest BCUT2D eigenvalue weighted by Crippen LogP contribution is -2.21. The molecule has 4 rings (SSSR count). The Bertz CT molecular complexity index is 981. The van der Waals surface area contributed by atoms with Crippen LogP contribution in [0.3, 0.4) is 0 Å². The number of hydrogen-bond donors (Lipinski definition) is 1. The number of anilines is 4. The zero-order chi connectivity index (χ0) is 20.2. The minimum atomic E-state index is -0.263. The van der Waals surface area contributed by atoms with Crippen molar-refractivity contribution in [2.24, 2.45) is 0 Å². The highest BCUT2D eigenvalue weighted by Gasteiger charge is 2.21. The fourth-order valence-corrected chi connectivity index (χ4v) is 3.71. The number of fused-ring (bicyclic) bond motifs is 1. The molecule has 1 N–H and O–H groups in total. The molecule has 2 heterocycles. The molecule has 148 valence electrons. The summed E-state index contributed by atoms with van der Waals surface area (Å²) in [5, 5.41) is 11.3. The Morgan fingerprint density at radius 2 is 1.76 bits per heavy atom. The van der Waals surface area contributed by atoms with E-state index in [0.717, 1.165) is 48.9 Å². The molecule has 1 amide bonds. The number of para-hydroxylation sites is 1. The summed E-state index contributed by atoms with van der Waals surface area (Å²) >= 11 is 0. The van der Waals surface area contributed by atoms with Crippen LogP contribution in [0.4, 0.5) is 22.9 Å². The largest absolute Gasteiger partial charge is 0.372 e. The summed E-state index contributed by atoms with van der Waals surface area (Å²) in [6, 6.07) is 19.7. The van der Waals surface area contributed by atoms with Crippen LogP contribution in [0.5, 0.6) is 0 Å². The third-order valence-electron chi connectivity index (χ3n) is 5.30. The molecule has 6 heteroatoms. The van der Waals surface area contributed by atoms with Gasteiger partial charge in [-0.2, -0.15) is 0 Å². The fraction of sp³-hybridized carbons (Fsp3) is 0.261. The number of hydrogen-bond acceptors (Lipinski definition) is 5. The summed E-state index contributed by atoms with van der Waals surface area (Å²) in [5.41, 5.74) is 4.65. The highest BCUT2D eigenvalue weighted by Crippen LogP contribution is 2.32. The maximum atomic E-state index is 12.5. The van der Waals surface area contributed by atoms with Crippen LogP contribution >= 0.6 is 0 Å². The van der Waals surface area contributed by atoms with E-state index in [-0.39, 0.29) is 5.91 Å². The quantitative estimate of drug-likeness (QED) is 0.684. The van der Waals surface area contributed by atoms with Gasteiger partial charge in [-0.1, -0.05) is 18.2 Å². The first-order valence-corrected chi connectivity index (χ1v) is 10.0. The Labute approximate surface area is 171 Å². The van der Waals surface area contributed by atoms with Crippen LogP contribution in [0.1, 0.15) is 29.9 Å². The van der Waals surface area contributed by atoms with Gasteiger partial charge < -0.3 is 15.1 Å². The molecular formula is C23H25N5O. The van der Waals surface area contributed by atoms with Crippen molar-refractivity contribution in [1.29, 1.82) is 0 Å². The predicted octanol–water partition coefficient (Wildman–Crippen LogP) is 4.27. The van der Waals surface area contributed by atoms with Gasteiger partial charge >= 0.3 is 0 Å². The minimum absolute atomic E-state index is 0.263. The van der Waals surface area contributed by atoms with Crippen molar-refractivity contribution in [3.8, 4) is 0 Å². The fourth-order valence-electron chi connectivity index (χ4n) is 3.71. The summed E-state index contributed by atoms with van der Waals surface area (Å²) in [5.74, 6) is 0.497. The predicted molar refractivity (Wildman–Crippen MR) is 117 cm³/mol. The van der Waals surface area contributed by atoms with E-state index in [1.165, 1.54) is 5.56 Å². The molecule has 0 radical (unpaired) electrons. The molecule has 1 aromatic heterocycles. The van der Waals surface area contributed by atoms with Gasteiger partial charge in [0.05, 0.1) is 0 Å². The van der Waals surface area contributed by atoms with E-state index >= 15 is 0 Å². The molecule has 0 saturated heterocycles. The molecule has 29 heavy (non-hydrogen) atoms. The van der Waals surface area contributed by atoms with Crippen molar-refractivity contribution < 1.29 is 4.79 Å². The zero-order valence-electron chi connectivity index (χ0n) is 16.8. The van der Waals surface area contributed by atoms with Crippen molar-refractivity contribution in [3.63, 3.8) is 0 Å². The first-order valence-electron chi connectivity index (χ1n) is 10.0. The topological polar surface area (TPSA) is 61.4 Å². The molecular weight excluding hydrogens is 362 g/mol. The standard InChI is InChI=1S/C23H25N5O/c1-3-27(4-2)19-11-9-18(10-12-19)24-23(29)20-13-14-22(26-25-20)28-16-15-17-7-5-6-8-21(17)28/h5-14H,3-4,15-16H2,1-2H3,(H,24,29). The number of carbonyl (C=O) groups is 1. The Morgan fingerprint density at radius 3 is 2.45 bits per heavy atom. The van der Waals surface area contributed by atoms with Gasteiger partial charge in [0, 0.05) is 36.7 Å². The van der Waals surface area contributed by atoms with Gasteiger partial charge in [0.2, 0.25) is 0 Å². The number of carbonyl (C=O) groups excluding carboxylic acids is 1. The van der Waals surface area contributed by atoms with Crippen LogP contribution in [0.25, 0.3) is 0 Å². The summed E-state index contributed by atoms with van der Waals surface area (Å²) < 4.78 is 0. The van der Waals surface area contributed by atoms with Crippen LogP contribution < -0.4 is 15.1 Å². The van der Waals surface area contributed by atoms with E-state index in [1.54, 1.807) is 6.07 Å². The second-order valence-corrected chi connectivity index (χ2v) is 6.98. The molecule has 0 spiro atoms. The van der Waals surface area contributed by atoms with Crippen molar-refractivity contribution in [3.05, 3.63) is 71.9 Å². The Kier molecular flexibility index (Phi) is 5.42. The van der Waals surface area contributed by atoms with Crippen LogP contribution in [-0.2, 0) is 6.42 Å². The van der Waals surface area contributed by atoms with Gasteiger partial charge in [-0.3, -0.25) is 4.79 Å². The average molecular weight is 387 g/mol. The smallest absolute Gasteiger partial charge is 0.276 e. The Balaban J connectivity index is 1.44. The maximum Gasteiger partial charge on any atom is 0.276 e. The van der Waals surface area contributed by atoms with Gasteiger partial charge in [0.25, 0.3) is 5.91 Å². The molecule has 0 unspecified atom stereocenters. The average Bonchev–Trinajstić information content (AvgIpc) is 3.20. The Morgan fingerprint density at radius 1 is 1.00 bits per heavy atom. The van der Waals surface area contributed by atoms with Gasteiger partial charge in [-0.25, -0.2) is 0 Å². The van der Waals surface area contributed by atoms with Crippen LogP contribution in [0.2, 0.25) is 0 Å². The first-order chi connectivity index (χ1) is 14.2. The maximum absolute atomic E-state index is 12.5. The molecule has 0 saturated carbocycles. The number of rotatable bonds is 6. The highest BCUT2D eigenvalue weighted by molar-refractivity contribution is 6.02. The van der Waals surface area contributed by atoms with Crippen molar-refractivity contribution >= 4 is 28.8 Å². The van der Waals surface area contributed by atoms with E-state index in [0.29, 0.717) is 5.69 Å². The number of aromatic nitrogens is 2. The van der Waals surface area contributed by atoms with Gasteiger partial charge in [0.15, 0.2) is 11.5 Å². The van der Waals surface area contributed by atoms with Crippen LogP contribution in [0.15, 0.2) is 60.7 Å². The van der Waals surface area contributed by atoms with Gasteiger partial charge in [-0.15, -0.1) is 10.2 Å². The summed E-state index contributed by atoms with van der Waals surface area (Å²) in [4.78, 5) is 16.9. The molecule has 1 aliphatic rings. The molecule has 0 aliphatic carbocycles. The van der Waals surface area contributed by atoms with Crippen LogP contribution in [-0.4, -0.2) is 35.7 Å². The summed E-state index contributed by atoms with van der Waals surface area (Å²) in [7, 11) is 0. The highest BCUT2D eigenvalue weighted by atomic mass is 16.1. The monoisotopic (exact) mass is 387 g/mol. The Hall–Kier alpha value is -3.41. The zero-order valence-corrected chi connectivity index (χ0v) is 16.8. The third-order valence-corrected chi connectivity index (χ3v) is 5.30. The number of nitrogens with zero attached hydrogens (tertiary/aromatic N) is 4. The van der Waals surface area contributed by atoms with Crippen LogP contribution in [0, 0.1) is 0 Å². The van der Waals surface area contributed by atoms with E-state index in [2.05, 4.69) is 57.4 Å². The summed E-state index contributed by atoms with van der Waals surface area (Å²) in [6.45, 7) is 7.03. The number of benzene rings is 2. The number of amides is 1. The molecule has 1 aliphatic heterocycles. The minimum Gasteiger partial charge on any atom is -0.372 e. The van der Waals surface area contributed by atoms with Gasteiger partial charge in [0.1, 0.15) is 0 Å². The van der Waals surface area contributed by atoms with Crippen molar-refractivity contribution in [1.82, 2.24) is 10.2 Å². The molecule has 3 aromatic rings. The molecule has 6 nitrogen and oxygen atoms in total. The molecule has 0 bridgehead atoms. The molecule has 0 atom stereocenters. The van der Waals surface area contributed by atoms with Crippen molar-refractivity contribution in [2.75, 3.05) is 34.8 Å². The first kappa shape index (κ1) is 18.9. The normalized spacial score (nSPS) is 12.6. The van der Waals surface area contributed by atoms with E-state index in [9.17, 15) is 4.79 Å². The number of nitrogens with one attached hydrogen (secondary N) is 1. The van der Waals surface area contributed by atoms with E-state index in [1.807, 2.05) is 36.4 Å². The second kappa shape index (κ2) is 8.31. The summed E-state index contributed by atoms with van der Waals surface area (Å²) in [6.07, 6.45) is 0.990. The second-order valence-electron chi connectivity index (χ2n) is 6.98. The lowest BCUT2D eigenvalue weighted by atomic mass is 10.2. The van der Waals surface area contributed by atoms with Gasteiger partial charge in [-0.05, 0) is 68.3 Å². The van der Waals surface area contributed by atoms with Crippen molar-refractivity contribution in [2.45, 2.75) is 20.3 Å². The lowest BCUT2D eigenvalue weighted by Gasteiger charge is -2.21. The van der Waals surface area contributed by atoms with E-state index < -0.39 is 0 Å². The SMILES string of the molecule is CCN(CC)c1ccc(NC(=O)c2ccc(N3CCc4ccccc43)nn2)cc1. The molecule has 2 aromatic carbocycles. The lowest BCUT2D eigenvalue weighted by molar-refractivity contribution is 0.102.